The number of aromatic carboxylic acids is 1. The van der Waals surface area contributed by atoms with E-state index in [0.717, 1.165) is 6.54 Å². The first kappa shape index (κ1) is 11.5. The number of carboxylic acid groups (broad SMARTS) is 1. The van der Waals surface area contributed by atoms with E-state index in [4.69, 9.17) is 5.11 Å². The van der Waals surface area contributed by atoms with Crippen LogP contribution in [0.3, 0.4) is 0 Å². The Hall–Kier alpha value is -2.03. The van der Waals surface area contributed by atoms with E-state index in [1.165, 1.54) is 5.56 Å². The van der Waals surface area contributed by atoms with Gasteiger partial charge in [0.05, 0.1) is 5.56 Å². The number of carbonyl (C=O) groups is 1. The Morgan fingerprint density at radius 1 is 1.29 bits per heavy atom. The highest BCUT2D eigenvalue weighted by molar-refractivity contribution is 5.87. The summed E-state index contributed by atoms with van der Waals surface area (Å²) in [6.07, 6.45) is 3.48. The van der Waals surface area contributed by atoms with Crippen LogP contribution in [0, 0.1) is 0 Å². The number of hydrogen-bond donors (Lipinski definition) is 1. The summed E-state index contributed by atoms with van der Waals surface area (Å²) >= 11 is 0. The molecule has 0 unspecified atom stereocenters. The van der Waals surface area contributed by atoms with Gasteiger partial charge < -0.3 is 9.67 Å². The largest absolute Gasteiger partial charge is 0.478 e. The van der Waals surface area contributed by atoms with Gasteiger partial charge in [-0.25, -0.2) is 4.79 Å². The molecule has 0 saturated heterocycles. The molecule has 1 heterocycles. The molecule has 1 atom stereocenters. The Balaban J connectivity index is 2.08. The first-order chi connectivity index (χ1) is 8.16. The first-order valence-corrected chi connectivity index (χ1v) is 5.61. The summed E-state index contributed by atoms with van der Waals surface area (Å²) in [7, 11) is 0. The zero-order valence-electron chi connectivity index (χ0n) is 9.71. The van der Waals surface area contributed by atoms with Crippen molar-refractivity contribution >= 4 is 5.97 Å². The number of nitrogens with zero attached hydrogens (tertiary/aromatic N) is 1. The van der Waals surface area contributed by atoms with Gasteiger partial charge in [-0.1, -0.05) is 37.3 Å². The Kier molecular flexibility index (Phi) is 3.28. The van der Waals surface area contributed by atoms with Crippen LogP contribution in [0.1, 0.15) is 28.8 Å². The molecule has 0 radical (unpaired) electrons. The lowest BCUT2D eigenvalue weighted by Crippen LogP contribution is -2.04. The van der Waals surface area contributed by atoms with Crippen molar-refractivity contribution in [2.24, 2.45) is 0 Å². The molecule has 0 saturated carbocycles. The molecule has 0 aliphatic heterocycles. The second-order valence-electron chi connectivity index (χ2n) is 4.21. The Morgan fingerprint density at radius 2 is 2.00 bits per heavy atom. The number of hydrogen-bond acceptors (Lipinski definition) is 1. The normalized spacial score (nSPS) is 12.3. The van der Waals surface area contributed by atoms with Gasteiger partial charge in [-0.2, -0.15) is 0 Å². The molecule has 0 amide bonds. The maximum Gasteiger partial charge on any atom is 0.337 e. The van der Waals surface area contributed by atoms with Crippen molar-refractivity contribution in [3.05, 3.63) is 59.9 Å². The predicted molar refractivity (Wildman–Crippen MR) is 66.2 cm³/mol. The van der Waals surface area contributed by atoms with Crippen molar-refractivity contribution in [1.29, 1.82) is 0 Å². The van der Waals surface area contributed by atoms with Crippen LogP contribution in [0.15, 0.2) is 48.8 Å². The minimum absolute atomic E-state index is 0.338. The molecule has 1 aromatic carbocycles. The van der Waals surface area contributed by atoms with Crippen molar-refractivity contribution in [2.45, 2.75) is 19.4 Å². The van der Waals surface area contributed by atoms with Gasteiger partial charge in [-0.05, 0) is 17.5 Å². The summed E-state index contributed by atoms with van der Waals surface area (Å²) in [5.41, 5.74) is 1.60. The second-order valence-corrected chi connectivity index (χ2v) is 4.21. The number of rotatable bonds is 4. The van der Waals surface area contributed by atoms with E-state index in [-0.39, 0.29) is 0 Å². The van der Waals surface area contributed by atoms with Crippen molar-refractivity contribution in [1.82, 2.24) is 4.57 Å². The lowest BCUT2D eigenvalue weighted by atomic mass is 10.0. The zero-order valence-corrected chi connectivity index (χ0v) is 9.71. The Labute approximate surface area is 100 Å². The van der Waals surface area contributed by atoms with E-state index in [0.29, 0.717) is 11.5 Å². The summed E-state index contributed by atoms with van der Waals surface area (Å²) in [6, 6.07) is 11.8. The highest BCUT2D eigenvalue weighted by atomic mass is 16.4. The van der Waals surface area contributed by atoms with Crippen molar-refractivity contribution in [3.8, 4) is 0 Å². The van der Waals surface area contributed by atoms with E-state index in [2.05, 4.69) is 19.1 Å². The van der Waals surface area contributed by atoms with Gasteiger partial charge in [0.15, 0.2) is 0 Å². The van der Waals surface area contributed by atoms with Crippen LogP contribution in [0.25, 0.3) is 0 Å². The molecule has 88 valence electrons. The zero-order chi connectivity index (χ0) is 12.3. The molecule has 0 spiro atoms. The fraction of sp³-hybridized carbons (Fsp3) is 0.214. The third-order valence-electron chi connectivity index (χ3n) is 2.85. The molecule has 3 heteroatoms. The van der Waals surface area contributed by atoms with E-state index in [9.17, 15) is 4.79 Å². The topological polar surface area (TPSA) is 42.2 Å². The fourth-order valence-electron chi connectivity index (χ4n) is 1.88. The van der Waals surface area contributed by atoms with E-state index < -0.39 is 5.97 Å². The SMILES string of the molecule is C[C@@H](Cn1ccc(C(=O)O)c1)c1ccccc1. The lowest BCUT2D eigenvalue weighted by molar-refractivity contribution is 0.0697. The van der Waals surface area contributed by atoms with Gasteiger partial charge in [0.25, 0.3) is 0 Å². The highest BCUT2D eigenvalue weighted by Gasteiger charge is 2.08. The first-order valence-electron chi connectivity index (χ1n) is 5.61. The molecule has 2 aromatic rings. The summed E-state index contributed by atoms with van der Waals surface area (Å²) in [5.74, 6) is -0.513. The number of aromatic nitrogens is 1. The third kappa shape index (κ3) is 2.75. The van der Waals surface area contributed by atoms with Crippen LogP contribution in [0.2, 0.25) is 0 Å². The van der Waals surface area contributed by atoms with Gasteiger partial charge in [0.2, 0.25) is 0 Å². The third-order valence-corrected chi connectivity index (χ3v) is 2.85. The quantitative estimate of drug-likeness (QED) is 0.875. The molecule has 0 fully saturated rings. The van der Waals surface area contributed by atoms with Crippen molar-refractivity contribution in [3.63, 3.8) is 0 Å². The number of benzene rings is 1. The average Bonchev–Trinajstić information content (AvgIpc) is 2.79. The Morgan fingerprint density at radius 3 is 2.59 bits per heavy atom. The standard InChI is InChI=1S/C14H15NO2/c1-11(12-5-3-2-4-6-12)9-15-8-7-13(10-15)14(16)17/h2-8,10-11H,9H2,1H3,(H,16,17)/t11-/m0/s1. The number of carboxylic acids is 1. The van der Waals surface area contributed by atoms with Crippen molar-refractivity contribution in [2.75, 3.05) is 0 Å². The molecule has 1 aromatic heterocycles. The molecule has 2 rings (SSSR count). The lowest BCUT2D eigenvalue weighted by Gasteiger charge is -2.12. The molecule has 3 nitrogen and oxygen atoms in total. The van der Waals surface area contributed by atoms with Gasteiger partial charge >= 0.3 is 5.97 Å². The fourth-order valence-corrected chi connectivity index (χ4v) is 1.88. The van der Waals surface area contributed by atoms with Gasteiger partial charge in [0, 0.05) is 18.9 Å². The van der Waals surface area contributed by atoms with Crippen LogP contribution < -0.4 is 0 Å². The van der Waals surface area contributed by atoms with Gasteiger partial charge in [0.1, 0.15) is 0 Å². The monoisotopic (exact) mass is 229 g/mol. The van der Waals surface area contributed by atoms with Gasteiger partial charge in [-0.15, -0.1) is 0 Å². The van der Waals surface area contributed by atoms with E-state index in [1.807, 2.05) is 29.0 Å². The van der Waals surface area contributed by atoms with Gasteiger partial charge in [-0.3, -0.25) is 0 Å². The highest BCUT2D eigenvalue weighted by Crippen LogP contribution is 2.17. The molecular weight excluding hydrogens is 214 g/mol. The molecule has 17 heavy (non-hydrogen) atoms. The van der Waals surface area contributed by atoms with Crippen LogP contribution in [0.4, 0.5) is 0 Å². The Bertz CT molecular complexity index is 502. The van der Waals surface area contributed by atoms with Crippen LogP contribution in [-0.4, -0.2) is 15.6 Å². The summed E-state index contributed by atoms with van der Waals surface area (Å²) in [5, 5.41) is 8.84. The molecule has 0 aliphatic carbocycles. The molecular formula is C14H15NO2. The molecule has 0 bridgehead atoms. The van der Waals surface area contributed by atoms with Crippen molar-refractivity contribution < 1.29 is 9.90 Å². The smallest absolute Gasteiger partial charge is 0.337 e. The van der Waals surface area contributed by atoms with E-state index in [1.54, 1.807) is 12.3 Å². The predicted octanol–water partition coefficient (Wildman–Crippen LogP) is 2.99. The summed E-state index contributed by atoms with van der Waals surface area (Å²) < 4.78 is 1.92. The van der Waals surface area contributed by atoms with Crippen LogP contribution >= 0.6 is 0 Å². The minimum atomic E-state index is -0.879. The molecule has 1 N–H and O–H groups in total. The second kappa shape index (κ2) is 4.87. The maximum absolute atomic E-state index is 10.8. The molecule has 0 aliphatic rings. The van der Waals surface area contributed by atoms with Crippen LogP contribution in [0.5, 0.6) is 0 Å². The summed E-state index contributed by atoms with van der Waals surface area (Å²) in [6.45, 7) is 2.92. The van der Waals surface area contributed by atoms with Crippen LogP contribution in [-0.2, 0) is 6.54 Å². The van der Waals surface area contributed by atoms with E-state index >= 15 is 0 Å². The maximum atomic E-state index is 10.8. The average molecular weight is 229 g/mol. The minimum Gasteiger partial charge on any atom is -0.478 e. The summed E-state index contributed by atoms with van der Waals surface area (Å²) in [4.78, 5) is 10.8.